The van der Waals surface area contributed by atoms with E-state index in [9.17, 15) is 19.5 Å². The fraction of sp³-hybridized carbons (Fsp3) is 0.214. The first-order chi connectivity index (χ1) is 17.5. The van der Waals surface area contributed by atoms with Crippen LogP contribution in [0.2, 0.25) is 0 Å². The molecule has 0 radical (unpaired) electrons. The van der Waals surface area contributed by atoms with Crippen LogP contribution in [0.5, 0.6) is 0 Å². The molecular formula is C28H27N3O5. The summed E-state index contributed by atoms with van der Waals surface area (Å²) in [4.78, 5) is 45.3. The smallest absolute Gasteiger partial charge is 0.254 e. The van der Waals surface area contributed by atoms with Gasteiger partial charge < -0.3 is 20.2 Å². The Balaban J connectivity index is 1.47. The first kappa shape index (κ1) is 24.8. The van der Waals surface area contributed by atoms with E-state index >= 15 is 0 Å². The Morgan fingerprint density at radius 2 is 1.53 bits per heavy atom. The molecular weight excluding hydrogens is 458 g/mol. The SMILES string of the molecule is CO/N=C1\CC(C(=O)NCC(O)c2ccccc2)N(C(=O)c2ccc(C(=O)c3ccccc3)cc2)C1. The Kier molecular flexibility index (Phi) is 7.87. The predicted octanol–water partition coefficient (Wildman–Crippen LogP) is 2.98. The third-order valence-electron chi connectivity index (χ3n) is 6.03. The van der Waals surface area contributed by atoms with E-state index in [0.29, 0.717) is 28.0 Å². The number of oxime groups is 1. The fourth-order valence-electron chi connectivity index (χ4n) is 4.14. The van der Waals surface area contributed by atoms with Crippen molar-refractivity contribution in [3.05, 3.63) is 107 Å². The number of hydrogen-bond acceptors (Lipinski definition) is 6. The van der Waals surface area contributed by atoms with Crippen molar-refractivity contribution in [1.82, 2.24) is 10.2 Å². The summed E-state index contributed by atoms with van der Waals surface area (Å²) in [6, 6.07) is 23.5. The summed E-state index contributed by atoms with van der Waals surface area (Å²) in [6.07, 6.45) is -0.653. The molecule has 1 saturated heterocycles. The maximum Gasteiger partial charge on any atom is 0.254 e. The lowest BCUT2D eigenvalue weighted by atomic mass is 10.0. The standard InChI is InChI=1S/C28H27N3O5/c1-36-30-23-16-24(27(34)29-17-25(32)19-8-4-2-5-9-19)31(18-23)28(35)22-14-12-21(13-15-22)26(33)20-10-6-3-7-11-20/h2-15,24-25,32H,16-18H2,1H3,(H,29,34)/b30-23+. The molecule has 2 N–H and O–H groups in total. The molecule has 2 atom stereocenters. The Hall–Kier alpha value is -4.30. The normalized spacial score (nSPS) is 17.0. The number of rotatable bonds is 8. The average Bonchev–Trinajstić information content (AvgIpc) is 3.36. The number of carbonyl (C=O) groups excluding carboxylic acids is 3. The number of amides is 2. The second-order valence-electron chi connectivity index (χ2n) is 8.44. The molecule has 0 bridgehead atoms. The van der Waals surface area contributed by atoms with Gasteiger partial charge in [-0.15, -0.1) is 0 Å². The van der Waals surface area contributed by atoms with Crippen molar-refractivity contribution in [3.8, 4) is 0 Å². The fourth-order valence-corrected chi connectivity index (χ4v) is 4.14. The van der Waals surface area contributed by atoms with Gasteiger partial charge >= 0.3 is 0 Å². The molecule has 0 saturated carbocycles. The van der Waals surface area contributed by atoms with Gasteiger partial charge in [-0.3, -0.25) is 14.4 Å². The van der Waals surface area contributed by atoms with Gasteiger partial charge in [0, 0.05) is 29.7 Å². The third kappa shape index (κ3) is 5.67. The van der Waals surface area contributed by atoms with Gasteiger partial charge in [-0.25, -0.2) is 0 Å². The minimum Gasteiger partial charge on any atom is -0.399 e. The molecule has 4 rings (SSSR count). The Labute approximate surface area is 209 Å². The molecule has 0 spiro atoms. The molecule has 36 heavy (non-hydrogen) atoms. The lowest BCUT2D eigenvalue weighted by molar-refractivity contribution is -0.125. The highest BCUT2D eigenvalue weighted by atomic mass is 16.6. The first-order valence-electron chi connectivity index (χ1n) is 11.6. The number of nitrogens with zero attached hydrogens (tertiary/aromatic N) is 2. The third-order valence-corrected chi connectivity index (χ3v) is 6.03. The molecule has 3 aromatic rings. The molecule has 8 heteroatoms. The van der Waals surface area contributed by atoms with E-state index in [-0.39, 0.29) is 31.2 Å². The van der Waals surface area contributed by atoms with Crippen molar-refractivity contribution < 1.29 is 24.3 Å². The lowest BCUT2D eigenvalue weighted by Gasteiger charge is -2.24. The van der Waals surface area contributed by atoms with E-state index in [0.717, 1.165) is 0 Å². The molecule has 2 unspecified atom stereocenters. The van der Waals surface area contributed by atoms with Gasteiger partial charge in [0.05, 0.1) is 18.4 Å². The van der Waals surface area contributed by atoms with Crippen LogP contribution in [-0.4, -0.2) is 59.6 Å². The monoisotopic (exact) mass is 485 g/mol. The molecule has 1 fully saturated rings. The minimum absolute atomic E-state index is 0.00836. The summed E-state index contributed by atoms with van der Waals surface area (Å²) < 4.78 is 0. The summed E-state index contributed by atoms with van der Waals surface area (Å²) in [5, 5.41) is 17.1. The molecule has 1 heterocycles. The minimum atomic E-state index is -0.873. The molecule has 184 valence electrons. The highest BCUT2D eigenvalue weighted by molar-refractivity contribution is 6.10. The summed E-state index contributed by atoms with van der Waals surface area (Å²) in [5.74, 6) is -0.895. The van der Waals surface area contributed by atoms with Crippen LogP contribution in [0, 0.1) is 0 Å². The number of benzene rings is 3. The zero-order chi connectivity index (χ0) is 25.5. The summed E-state index contributed by atoms with van der Waals surface area (Å²) in [5.41, 5.74) is 2.62. The van der Waals surface area contributed by atoms with Crippen LogP contribution in [0.1, 0.15) is 44.4 Å². The second-order valence-corrected chi connectivity index (χ2v) is 8.44. The number of aliphatic hydroxyl groups excluding tert-OH is 1. The molecule has 8 nitrogen and oxygen atoms in total. The highest BCUT2D eigenvalue weighted by Crippen LogP contribution is 2.21. The summed E-state index contributed by atoms with van der Waals surface area (Å²) >= 11 is 0. The second kappa shape index (κ2) is 11.4. The van der Waals surface area contributed by atoms with E-state index in [1.165, 1.54) is 12.0 Å². The maximum atomic E-state index is 13.3. The van der Waals surface area contributed by atoms with Crippen molar-refractivity contribution in [1.29, 1.82) is 0 Å². The van der Waals surface area contributed by atoms with Crippen molar-refractivity contribution in [2.45, 2.75) is 18.6 Å². The van der Waals surface area contributed by atoms with Crippen LogP contribution in [0.4, 0.5) is 0 Å². The number of nitrogens with one attached hydrogen (secondary N) is 1. The van der Waals surface area contributed by atoms with Crippen molar-refractivity contribution in [2.24, 2.45) is 5.16 Å². The van der Waals surface area contributed by atoms with Gasteiger partial charge in [0.25, 0.3) is 5.91 Å². The van der Waals surface area contributed by atoms with E-state index in [1.807, 2.05) is 24.3 Å². The molecule has 1 aliphatic rings. The van der Waals surface area contributed by atoms with Gasteiger partial charge in [0.1, 0.15) is 13.2 Å². The molecule has 2 amide bonds. The van der Waals surface area contributed by atoms with E-state index in [2.05, 4.69) is 10.5 Å². The Morgan fingerprint density at radius 3 is 2.17 bits per heavy atom. The first-order valence-corrected chi connectivity index (χ1v) is 11.6. The van der Waals surface area contributed by atoms with Gasteiger partial charge in [0.15, 0.2) is 5.78 Å². The zero-order valence-electron chi connectivity index (χ0n) is 19.8. The van der Waals surface area contributed by atoms with Gasteiger partial charge in [-0.1, -0.05) is 78.0 Å². The number of likely N-dealkylation sites (tertiary alicyclic amines) is 1. The Bertz CT molecular complexity index is 1240. The summed E-state index contributed by atoms with van der Waals surface area (Å²) in [6.45, 7) is 0.144. The number of ketones is 1. The zero-order valence-corrected chi connectivity index (χ0v) is 19.8. The molecule has 0 aliphatic carbocycles. The number of carbonyl (C=O) groups is 3. The van der Waals surface area contributed by atoms with Crippen LogP contribution in [0.25, 0.3) is 0 Å². The van der Waals surface area contributed by atoms with E-state index in [4.69, 9.17) is 4.84 Å². The van der Waals surface area contributed by atoms with Crippen molar-refractivity contribution in [3.63, 3.8) is 0 Å². The van der Waals surface area contributed by atoms with Gasteiger partial charge in [-0.05, 0) is 17.7 Å². The van der Waals surface area contributed by atoms with Gasteiger partial charge in [0.2, 0.25) is 5.91 Å². The topological polar surface area (TPSA) is 108 Å². The van der Waals surface area contributed by atoms with Crippen molar-refractivity contribution in [2.75, 3.05) is 20.2 Å². The number of hydrogen-bond donors (Lipinski definition) is 2. The molecule has 1 aliphatic heterocycles. The van der Waals surface area contributed by atoms with E-state index < -0.39 is 18.1 Å². The lowest BCUT2D eigenvalue weighted by Crippen LogP contribution is -2.46. The average molecular weight is 486 g/mol. The predicted molar refractivity (Wildman–Crippen MR) is 135 cm³/mol. The van der Waals surface area contributed by atoms with E-state index in [1.54, 1.807) is 60.7 Å². The van der Waals surface area contributed by atoms with Crippen LogP contribution < -0.4 is 5.32 Å². The molecule has 3 aromatic carbocycles. The van der Waals surface area contributed by atoms with Crippen LogP contribution >= 0.6 is 0 Å². The maximum absolute atomic E-state index is 13.3. The number of aliphatic hydroxyl groups is 1. The van der Waals surface area contributed by atoms with Crippen LogP contribution in [0.15, 0.2) is 90.1 Å². The summed E-state index contributed by atoms with van der Waals surface area (Å²) in [7, 11) is 1.41. The van der Waals surface area contributed by atoms with Crippen molar-refractivity contribution >= 4 is 23.3 Å². The van der Waals surface area contributed by atoms with Crippen LogP contribution in [0.3, 0.4) is 0 Å². The Morgan fingerprint density at radius 1 is 0.944 bits per heavy atom. The van der Waals surface area contributed by atoms with Crippen LogP contribution in [-0.2, 0) is 9.63 Å². The quantitative estimate of drug-likeness (QED) is 0.377. The largest absolute Gasteiger partial charge is 0.399 e. The molecule has 0 aromatic heterocycles. The highest BCUT2D eigenvalue weighted by Gasteiger charge is 2.38. The van der Waals surface area contributed by atoms with Gasteiger partial charge in [-0.2, -0.15) is 0 Å².